The third-order valence-corrected chi connectivity index (χ3v) is 4.03. The summed E-state index contributed by atoms with van der Waals surface area (Å²) < 4.78 is 10.4. The van der Waals surface area contributed by atoms with Crippen LogP contribution in [0.5, 0.6) is 5.75 Å². The quantitative estimate of drug-likeness (QED) is 0.300. The van der Waals surface area contributed by atoms with Crippen LogP contribution in [0.1, 0.15) is 28.4 Å². The molecule has 130 valence electrons. The van der Waals surface area contributed by atoms with Crippen LogP contribution in [0.3, 0.4) is 0 Å². The highest BCUT2D eigenvalue weighted by Crippen LogP contribution is 2.31. The number of hydrogen-bond donors (Lipinski definition) is 0. The fourth-order valence-electron chi connectivity index (χ4n) is 2.15. The Balaban J connectivity index is 2.40. The van der Waals surface area contributed by atoms with Crippen LogP contribution in [0.4, 0.5) is 5.69 Å². The molecule has 0 aliphatic carbocycles. The van der Waals surface area contributed by atoms with Crippen molar-refractivity contribution in [2.75, 3.05) is 13.7 Å². The van der Waals surface area contributed by atoms with E-state index in [0.29, 0.717) is 10.0 Å². The van der Waals surface area contributed by atoms with Crippen LogP contribution in [0.15, 0.2) is 40.9 Å². The first-order valence-corrected chi connectivity index (χ1v) is 8.22. The molecule has 0 atom stereocenters. The molecule has 2 aromatic rings. The van der Waals surface area contributed by atoms with Gasteiger partial charge in [0.15, 0.2) is 0 Å². The lowest BCUT2D eigenvalue weighted by molar-refractivity contribution is -0.385. The van der Waals surface area contributed by atoms with Gasteiger partial charge in [0.25, 0.3) is 5.69 Å². The van der Waals surface area contributed by atoms with Crippen LogP contribution < -0.4 is 4.74 Å². The number of methoxy groups -OCH3 is 1. The molecule has 0 radical (unpaired) electrons. The number of carbonyl (C=O) groups excluding carboxylic acids is 1. The van der Waals surface area contributed by atoms with Crippen molar-refractivity contribution in [3.8, 4) is 5.75 Å². The Labute approximate surface area is 153 Å². The highest BCUT2D eigenvalue weighted by Gasteiger charge is 2.20. The standard InChI is InChI=1S/C18H16BrNO5/c1-3-25-18(21)13-10-16(19)15(17(11-13)20(22)23)9-6-12-4-7-14(24-2)8-5-12/h4-11H,3H2,1-2H3/b9-6+. The Bertz CT molecular complexity index is 815. The van der Waals surface area contributed by atoms with Gasteiger partial charge in [0.2, 0.25) is 0 Å². The molecule has 7 heteroatoms. The van der Waals surface area contributed by atoms with Gasteiger partial charge in [0, 0.05) is 10.5 Å². The van der Waals surface area contributed by atoms with E-state index in [9.17, 15) is 14.9 Å². The summed E-state index contributed by atoms with van der Waals surface area (Å²) in [6.45, 7) is 1.87. The van der Waals surface area contributed by atoms with Crippen LogP contribution in [0.25, 0.3) is 12.2 Å². The number of nitro groups is 1. The molecule has 0 amide bonds. The summed E-state index contributed by atoms with van der Waals surface area (Å²) in [6.07, 6.45) is 3.37. The Kier molecular flexibility index (Phi) is 6.30. The van der Waals surface area contributed by atoms with E-state index in [1.165, 1.54) is 12.1 Å². The first kappa shape index (κ1) is 18.7. The minimum atomic E-state index is -0.600. The van der Waals surface area contributed by atoms with Gasteiger partial charge >= 0.3 is 5.97 Å². The number of nitro benzene ring substituents is 1. The molecular formula is C18H16BrNO5. The van der Waals surface area contributed by atoms with E-state index < -0.39 is 10.9 Å². The lowest BCUT2D eigenvalue weighted by Crippen LogP contribution is -2.06. The van der Waals surface area contributed by atoms with E-state index in [1.807, 2.05) is 12.1 Å². The molecule has 0 unspecified atom stereocenters. The van der Waals surface area contributed by atoms with Gasteiger partial charge in [-0.1, -0.05) is 18.2 Å². The van der Waals surface area contributed by atoms with E-state index in [2.05, 4.69) is 15.9 Å². The number of carbonyl (C=O) groups is 1. The lowest BCUT2D eigenvalue weighted by atomic mass is 10.1. The number of hydrogen-bond acceptors (Lipinski definition) is 5. The monoisotopic (exact) mass is 405 g/mol. The van der Waals surface area contributed by atoms with Crippen LogP contribution >= 0.6 is 15.9 Å². The maximum atomic E-state index is 11.8. The third kappa shape index (κ3) is 4.67. The van der Waals surface area contributed by atoms with Crippen molar-refractivity contribution in [1.82, 2.24) is 0 Å². The minimum absolute atomic E-state index is 0.127. The van der Waals surface area contributed by atoms with Crippen molar-refractivity contribution in [2.45, 2.75) is 6.92 Å². The molecule has 0 aromatic heterocycles. The minimum Gasteiger partial charge on any atom is -0.497 e. The molecule has 0 fully saturated rings. The fraction of sp³-hybridized carbons (Fsp3) is 0.167. The van der Waals surface area contributed by atoms with Crippen LogP contribution in [0, 0.1) is 10.1 Å². The summed E-state index contributed by atoms with van der Waals surface area (Å²) >= 11 is 3.30. The lowest BCUT2D eigenvalue weighted by Gasteiger charge is -2.06. The van der Waals surface area contributed by atoms with Crippen LogP contribution in [-0.4, -0.2) is 24.6 Å². The molecule has 25 heavy (non-hydrogen) atoms. The summed E-state index contributed by atoms with van der Waals surface area (Å²) in [7, 11) is 1.58. The average molecular weight is 406 g/mol. The zero-order valence-corrected chi connectivity index (χ0v) is 15.3. The second-order valence-electron chi connectivity index (χ2n) is 4.97. The first-order chi connectivity index (χ1) is 12.0. The Morgan fingerprint density at radius 3 is 2.48 bits per heavy atom. The molecule has 2 rings (SSSR count). The van der Waals surface area contributed by atoms with Crippen molar-refractivity contribution in [2.24, 2.45) is 0 Å². The van der Waals surface area contributed by atoms with Crippen LogP contribution in [0.2, 0.25) is 0 Å². The van der Waals surface area contributed by atoms with Gasteiger partial charge in [-0.2, -0.15) is 0 Å². The maximum absolute atomic E-state index is 11.8. The smallest absolute Gasteiger partial charge is 0.338 e. The van der Waals surface area contributed by atoms with Gasteiger partial charge < -0.3 is 9.47 Å². The van der Waals surface area contributed by atoms with Gasteiger partial charge in [-0.05, 0) is 52.7 Å². The van der Waals surface area contributed by atoms with Crippen molar-refractivity contribution in [3.63, 3.8) is 0 Å². The molecule has 0 saturated heterocycles. The van der Waals surface area contributed by atoms with Gasteiger partial charge in [-0.15, -0.1) is 0 Å². The largest absolute Gasteiger partial charge is 0.497 e. The van der Waals surface area contributed by atoms with Gasteiger partial charge in [0.05, 0.1) is 29.8 Å². The second kappa shape index (κ2) is 8.43. The summed E-state index contributed by atoms with van der Waals surface area (Å²) in [5.74, 6) is 0.125. The molecule has 0 aliphatic rings. The highest BCUT2D eigenvalue weighted by atomic mass is 79.9. The third-order valence-electron chi connectivity index (χ3n) is 3.37. The molecule has 6 nitrogen and oxygen atoms in total. The van der Waals surface area contributed by atoms with Crippen molar-refractivity contribution < 1.29 is 19.2 Å². The molecular weight excluding hydrogens is 390 g/mol. The maximum Gasteiger partial charge on any atom is 0.338 e. The number of nitrogens with zero attached hydrogens (tertiary/aromatic N) is 1. The Hall–Kier alpha value is -2.67. The van der Waals surface area contributed by atoms with Gasteiger partial charge in [-0.3, -0.25) is 10.1 Å². The SMILES string of the molecule is CCOC(=O)c1cc(Br)c(/C=C/c2ccc(OC)cc2)c([N+](=O)[O-])c1. The van der Waals surface area contributed by atoms with Crippen molar-refractivity contribution in [1.29, 1.82) is 0 Å². The van der Waals surface area contributed by atoms with E-state index in [4.69, 9.17) is 9.47 Å². The molecule has 0 saturated carbocycles. The number of halogens is 1. The predicted octanol–water partition coefficient (Wildman–Crippen LogP) is 4.71. The zero-order chi connectivity index (χ0) is 18.4. The van der Waals surface area contributed by atoms with Gasteiger partial charge in [0.1, 0.15) is 5.75 Å². The fourth-order valence-corrected chi connectivity index (χ4v) is 2.73. The molecule has 0 spiro atoms. The van der Waals surface area contributed by atoms with Crippen molar-refractivity contribution >= 4 is 39.7 Å². The number of rotatable bonds is 6. The van der Waals surface area contributed by atoms with E-state index in [-0.39, 0.29) is 17.9 Å². The van der Waals surface area contributed by atoms with Crippen molar-refractivity contribution in [3.05, 3.63) is 67.7 Å². The molecule has 0 N–H and O–H groups in total. The topological polar surface area (TPSA) is 78.7 Å². The number of benzene rings is 2. The summed E-state index contributed by atoms with van der Waals surface area (Å²) in [6, 6.07) is 10.00. The molecule has 0 bridgehead atoms. The molecule has 0 aliphatic heterocycles. The summed E-state index contributed by atoms with van der Waals surface area (Å²) in [4.78, 5) is 22.7. The first-order valence-electron chi connectivity index (χ1n) is 7.43. The normalized spacial score (nSPS) is 10.7. The number of esters is 1. The molecule has 2 aromatic carbocycles. The molecule has 0 heterocycles. The van der Waals surface area contributed by atoms with E-state index in [1.54, 1.807) is 38.3 Å². The van der Waals surface area contributed by atoms with E-state index >= 15 is 0 Å². The second-order valence-corrected chi connectivity index (χ2v) is 5.83. The zero-order valence-electron chi connectivity index (χ0n) is 13.7. The Morgan fingerprint density at radius 2 is 1.92 bits per heavy atom. The summed E-state index contributed by atoms with van der Waals surface area (Å²) in [5, 5.41) is 11.4. The van der Waals surface area contributed by atoms with E-state index in [0.717, 1.165) is 11.3 Å². The average Bonchev–Trinajstić information content (AvgIpc) is 2.60. The highest BCUT2D eigenvalue weighted by molar-refractivity contribution is 9.10. The van der Waals surface area contributed by atoms with Crippen LogP contribution in [-0.2, 0) is 4.74 Å². The number of ether oxygens (including phenoxy) is 2. The summed E-state index contributed by atoms with van der Waals surface area (Å²) in [5.41, 5.74) is 1.18. The predicted molar refractivity (Wildman–Crippen MR) is 98.7 cm³/mol. The van der Waals surface area contributed by atoms with Gasteiger partial charge in [-0.25, -0.2) is 4.79 Å². The Morgan fingerprint density at radius 1 is 1.24 bits per heavy atom.